The normalized spacial score (nSPS) is 14.8. The Labute approximate surface area is 222 Å². The lowest BCUT2D eigenvalue weighted by atomic mass is 10.1. The molecular formula is C30H30N2O5S. The number of para-hydroxylation sites is 1. The van der Waals surface area contributed by atoms with E-state index in [4.69, 9.17) is 4.42 Å². The fourth-order valence-corrected chi connectivity index (χ4v) is 6.31. The summed E-state index contributed by atoms with van der Waals surface area (Å²) >= 11 is 0. The standard InChI is InChI=1S/C30H30N2O5S/c1-21-13-15-22(16-14-21)29(34)30-28(25-11-4-5-12-27(25)37-30)31-20-26(33)23-9-8-10-24(19-23)38(35,36)32-17-6-2-3-7-18-32/h4-5,8-16,19,31H,2-3,6-7,17-18,20H2,1H3. The molecule has 0 spiro atoms. The Morgan fingerprint density at radius 2 is 1.58 bits per heavy atom. The van der Waals surface area contributed by atoms with Gasteiger partial charge in [-0.1, -0.05) is 66.9 Å². The molecule has 5 rings (SSSR count). The molecule has 4 aromatic rings. The minimum Gasteiger partial charge on any atom is -0.450 e. The Morgan fingerprint density at radius 1 is 0.868 bits per heavy atom. The van der Waals surface area contributed by atoms with E-state index in [0.29, 0.717) is 35.3 Å². The number of carbonyl (C=O) groups is 2. The summed E-state index contributed by atoms with van der Waals surface area (Å²) in [5.41, 5.74) is 2.77. The fraction of sp³-hybridized carbons (Fsp3) is 0.267. The van der Waals surface area contributed by atoms with Crippen molar-refractivity contribution in [3.63, 3.8) is 0 Å². The predicted molar refractivity (Wildman–Crippen MR) is 147 cm³/mol. The number of hydrogen-bond acceptors (Lipinski definition) is 6. The fourth-order valence-electron chi connectivity index (χ4n) is 4.75. The lowest BCUT2D eigenvalue weighted by molar-refractivity contribution is 0.0997. The topological polar surface area (TPSA) is 96.7 Å². The molecule has 0 bridgehead atoms. The number of aryl methyl sites for hydroxylation is 1. The summed E-state index contributed by atoms with van der Waals surface area (Å²) in [4.78, 5) is 26.6. The average Bonchev–Trinajstić information content (AvgIpc) is 3.08. The van der Waals surface area contributed by atoms with Crippen LogP contribution < -0.4 is 5.32 Å². The Balaban J connectivity index is 1.39. The highest BCUT2D eigenvalue weighted by molar-refractivity contribution is 7.89. The van der Waals surface area contributed by atoms with Crippen LogP contribution in [0.15, 0.2) is 82.1 Å². The molecule has 1 N–H and O–H groups in total. The van der Waals surface area contributed by atoms with Crippen molar-refractivity contribution in [2.75, 3.05) is 25.0 Å². The third-order valence-electron chi connectivity index (χ3n) is 6.90. The lowest BCUT2D eigenvalue weighted by Crippen LogP contribution is -2.32. The molecule has 1 aliphatic rings. The maximum atomic E-state index is 13.3. The molecule has 0 atom stereocenters. The molecular weight excluding hydrogens is 500 g/mol. The number of carbonyl (C=O) groups excluding carboxylic acids is 2. The zero-order chi connectivity index (χ0) is 26.7. The maximum absolute atomic E-state index is 13.3. The molecule has 8 heteroatoms. The highest BCUT2D eigenvalue weighted by Gasteiger charge is 2.26. The summed E-state index contributed by atoms with van der Waals surface area (Å²) in [5, 5.41) is 3.79. The van der Waals surface area contributed by atoms with E-state index in [1.807, 2.05) is 37.3 Å². The van der Waals surface area contributed by atoms with Crippen molar-refractivity contribution in [2.24, 2.45) is 0 Å². The SMILES string of the molecule is Cc1ccc(C(=O)c2oc3ccccc3c2NCC(=O)c2cccc(S(=O)(=O)N3CCCCCC3)c2)cc1. The van der Waals surface area contributed by atoms with Crippen molar-refractivity contribution in [1.29, 1.82) is 0 Å². The first-order chi connectivity index (χ1) is 18.3. The molecule has 1 saturated heterocycles. The van der Waals surface area contributed by atoms with Crippen molar-refractivity contribution >= 4 is 38.2 Å². The number of benzene rings is 3. The number of furan rings is 1. The van der Waals surface area contributed by atoms with Gasteiger partial charge >= 0.3 is 0 Å². The number of rotatable bonds is 8. The molecule has 7 nitrogen and oxygen atoms in total. The van der Waals surface area contributed by atoms with Crippen LogP contribution in [0, 0.1) is 6.92 Å². The van der Waals surface area contributed by atoms with Crippen LogP contribution in [0.25, 0.3) is 11.0 Å². The lowest BCUT2D eigenvalue weighted by Gasteiger charge is -2.20. The quantitative estimate of drug-likeness (QED) is 0.288. The summed E-state index contributed by atoms with van der Waals surface area (Å²) in [5.74, 6) is -0.459. The summed E-state index contributed by atoms with van der Waals surface area (Å²) < 4.78 is 33.9. The van der Waals surface area contributed by atoms with E-state index in [1.165, 1.54) is 16.4 Å². The van der Waals surface area contributed by atoms with Crippen LogP contribution in [0.5, 0.6) is 0 Å². The number of Topliss-reactive ketones (excluding diaryl/α,β-unsaturated/α-hetero) is 1. The summed E-state index contributed by atoms with van der Waals surface area (Å²) in [6, 6.07) is 20.6. The van der Waals surface area contributed by atoms with Crippen LogP contribution in [-0.2, 0) is 10.0 Å². The van der Waals surface area contributed by atoms with Crippen LogP contribution >= 0.6 is 0 Å². The third kappa shape index (κ3) is 5.28. The number of nitrogens with one attached hydrogen (secondary N) is 1. The van der Waals surface area contributed by atoms with E-state index in [-0.39, 0.29) is 34.3 Å². The highest BCUT2D eigenvalue weighted by atomic mass is 32.2. The van der Waals surface area contributed by atoms with Crippen LogP contribution in [-0.4, -0.2) is 43.9 Å². The first kappa shape index (κ1) is 25.9. The largest absolute Gasteiger partial charge is 0.450 e. The summed E-state index contributed by atoms with van der Waals surface area (Å²) in [6.45, 7) is 2.80. The minimum absolute atomic E-state index is 0.120. The second-order valence-electron chi connectivity index (χ2n) is 9.62. The van der Waals surface area contributed by atoms with Crippen LogP contribution in [0.3, 0.4) is 0 Å². The van der Waals surface area contributed by atoms with Gasteiger partial charge in [0.1, 0.15) is 5.58 Å². The van der Waals surface area contributed by atoms with Gasteiger partial charge in [-0.25, -0.2) is 8.42 Å². The van der Waals surface area contributed by atoms with E-state index in [2.05, 4.69) is 5.32 Å². The van der Waals surface area contributed by atoms with E-state index < -0.39 is 10.0 Å². The molecule has 1 aliphatic heterocycles. The summed E-state index contributed by atoms with van der Waals surface area (Å²) in [6.07, 6.45) is 3.72. The Hall–Kier alpha value is -3.75. The number of nitrogens with zero attached hydrogens (tertiary/aromatic N) is 1. The van der Waals surface area contributed by atoms with Gasteiger partial charge in [0.25, 0.3) is 0 Å². The maximum Gasteiger partial charge on any atom is 0.243 e. The number of ketones is 2. The van der Waals surface area contributed by atoms with Gasteiger partial charge in [0.2, 0.25) is 15.8 Å². The minimum atomic E-state index is -3.68. The second kappa shape index (κ2) is 10.9. The Bertz CT molecular complexity index is 1580. The zero-order valence-corrected chi connectivity index (χ0v) is 22.1. The number of anilines is 1. The van der Waals surface area contributed by atoms with Crippen LogP contribution in [0.2, 0.25) is 0 Å². The van der Waals surface area contributed by atoms with Gasteiger partial charge in [-0.3, -0.25) is 9.59 Å². The first-order valence-electron chi connectivity index (χ1n) is 12.8. The van der Waals surface area contributed by atoms with Gasteiger partial charge in [0.15, 0.2) is 11.5 Å². The molecule has 0 saturated carbocycles. The second-order valence-corrected chi connectivity index (χ2v) is 11.6. The van der Waals surface area contributed by atoms with E-state index in [9.17, 15) is 18.0 Å². The van der Waals surface area contributed by atoms with E-state index in [1.54, 1.807) is 30.3 Å². The van der Waals surface area contributed by atoms with Crippen molar-refractivity contribution in [3.05, 3.63) is 95.2 Å². The van der Waals surface area contributed by atoms with Crippen molar-refractivity contribution < 1.29 is 22.4 Å². The monoisotopic (exact) mass is 530 g/mol. The van der Waals surface area contributed by atoms with Crippen LogP contribution in [0.4, 0.5) is 5.69 Å². The van der Waals surface area contributed by atoms with E-state index in [0.717, 1.165) is 31.2 Å². The molecule has 0 aliphatic carbocycles. The Morgan fingerprint density at radius 3 is 2.32 bits per heavy atom. The molecule has 1 aromatic heterocycles. The molecule has 2 heterocycles. The van der Waals surface area contributed by atoms with Gasteiger partial charge < -0.3 is 9.73 Å². The summed E-state index contributed by atoms with van der Waals surface area (Å²) in [7, 11) is -3.68. The average molecular weight is 531 g/mol. The zero-order valence-electron chi connectivity index (χ0n) is 21.3. The van der Waals surface area contributed by atoms with Gasteiger partial charge in [0, 0.05) is 29.6 Å². The molecule has 1 fully saturated rings. The predicted octanol–water partition coefficient (Wildman–Crippen LogP) is 5.83. The molecule has 0 unspecified atom stereocenters. The molecule has 38 heavy (non-hydrogen) atoms. The van der Waals surface area contributed by atoms with E-state index >= 15 is 0 Å². The smallest absolute Gasteiger partial charge is 0.243 e. The van der Waals surface area contributed by atoms with Gasteiger partial charge in [-0.2, -0.15) is 4.31 Å². The highest BCUT2D eigenvalue weighted by Crippen LogP contribution is 2.32. The van der Waals surface area contributed by atoms with Crippen LogP contribution in [0.1, 0.15) is 57.7 Å². The first-order valence-corrected chi connectivity index (χ1v) is 14.3. The molecule has 196 valence electrons. The van der Waals surface area contributed by atoms with Gasteiger partial charge in [-0.15, -0.1) is 0 Å². The number of fused-ring (bicyclic) bond motifs is 1. The molecule has 3 aromatic carbocycles. The molecule has 0 amide bonds. The van der Waals surface area contributed by atoms with Gasteiger partial charge in [-0.05, 0) is 44.0 Å². The Kier molecular flexibility index (Phi) is 7.44. The van der Waals surface area contributed by atoms with Crippen molar-refractivity contribution in [2.45, 2.75) is 37.5 Å². The van der Waals surface area contributed by atoms with Crippen molar-refractivity contribution in [3.8, 4) is 0 Å². The van der Waals surface area contributed by atoms with Gasteiger partial charge in [0.05, 0.1) is 17.1 Å². The number of hydrogen-bond donors (Lipinski definition) is 1. The number of sulfonamides is 1. The van der Waals surface area contributed by atoms with Crippen molar-refractivity contribution in [1.82, 2.24) is 4.31 Å². The third-order valence-corrected chi connectivity index (χ3v) is 8.79. The molecule has 0 radical (unpaired) electrons.